The van der Waals surface area contributed by atoms with Crippen LogP contribution in [0.3, 0.4) is 0 Å². The van der Waals surface area contributed by atoms with Gasteiger partial charge in [0.2, 0.25) is 0 Å². The first-order valence-electron chi connectivity index (χ1n) is 8.73. The standard InChI is InChI=1S/C18H25N5O/c1-10-7-16(22-17(19-10)13-5-6-13)23-9-14(24-4)8-15(23)18-20-11(2)12(3)21-18/h7,13-15H,5-6,8-9H2,1-4H3,(H,20,21)/t14-,15+/m1/s1. The van der Waals surface area contributed by atoms with Gasteiger partial charge in [0.1, 0.15) is 17.5 Å². The minimum Gasteiger partial charge on any atom is -0.380 e. The first-order valence-corrected chi connectivity index (χ1v) is 8.73. The Morgan fingerprint density at radius 3 is 2.58 bits per heavy atom. The lowest BCUT2D eigenvalue weighted by atomic mass is 10.2. The van der Waals surface area contributed by atoms with Crippen LogP contribution in [0.5, 0.6) is 0 Å². The highest BCUT2D eigenvalue weighted by atomic mass is 16.5. The molecule has 1 saturated carbocycles. The molecule has 1 aliphatic heterocycles. The van der Waals surface area contributed by atoms with Gasteiger partial charge in [-0.25, -0.2) is 15.0 Å². The molecule has 6 nitrogen and oxygen atoms in total. The van der Waals surface area contributed by atoms with Gasteiger partial charge in [-0.2, -0.15) is 0 Å². The average Bonchev–Trinajstić information content (AvgIpc) is 3.23. The topological polar surface area (TPSA) is 66.9 Å². The maximum atomic E-state index is 5.65. The zero-order valence-electron chi connectivity index (χ0n) is 14.8. The second kappa shape index (κ2) is 5.84. The third kappa shape index (κ3) is 2.79. The molecule has 0 aromatic carbocycles. The van der Waals surface area contributed by atoms with Gasteiger partial charge in [0.25, 0.3) is 0 Å². The predicted molar refractivity (Wildman–Crippen MR) is 92.3 cm³/mol. The molecule has 2 aromatic rings. The summed E-state index contributed by atoms with van der Waals surface area (Å²) < 4.78 is 5.65. The van der Waals surface area contributed by atoms with Crippen LogP contribution in [-0.4, -0.2) is 39.7 Å². The van der Waals surface area contributed by atoms with Crippen LogP contribution in [0.15, 0.2) is 6.07 Å². The number of anilines is 1. The second-order valence-electron chi connectivity index (χ2n) is 7.09. The van der Waals surface area contributed by atoms with Crippen molar-refractivity contribution < 1.29 is 4.74 Å². The molecule has 0 bridgehead atoms. The van der Waals surface area contributed by atoms with E-state index in [2.05, 4.69) is 34.8 Å². The van der Waals surface area contributed by atoms with Gasteiger partial charge >= 0.3 is 0 Å². The van der Waals surface area contributed by atoms with Crippen LogP contribution in [0, 0.1) is 20.8 Å². The molecule has 2 aliphatic rings. The molecular formula is C18H25N5O. The number of nitrogens with zero attached hydrogens (tertiary/aromatic N) is 4. The lowest BCUT2D eigenvalue weighted by Crippen LogP contribution is -2.27. The summed E-state index contributed by atoms with van der Waals surface area (Å²) in [5, 5.41) is 0. The van der Waals surface area contributed by atoms with Gasteiger partial charge in [0, 0.05) is 43.4 Å². The van der Waals surface area contributed by atoms with E-state index in [1.807, 2.05) is 6.92 Å². The van der Waals surface area contributed by atoms with E-state index in [4.69, 9.17) is 14.7 Å². The fourth-order valence-corrected chi connectivity index (χ4v) is 3.46. The van der Waals surface area contributed by atoms with E-state index in [1.54, 1.807) is 7.11 Å². The monoisotopic (exact) mass is 327 g/mol. The lowest BCUT2D eigenvalue weighted by molar-refractivity contribution is 0.118. The summed E-state index contributed by atoms with van der Waals surface area (Å²) in [6, 6.07) is 2.25. The van der Waals surface area contributed by atoms with Crippen molar-refractivity contribution in [1.82, 2.24) is 19.9 Å². The number of rotatable bonds is 4. The molecular weight excluding hydrogens is 302 g/mol. The number of hydrogen-bond acceptors (Lipinski definition) is 5. The van der Waals surface area contributed by atoms with Crippen LogP contribution in [0.1, 0.15) is 60.0 Å². The summed E-state index contributed by atoms with van der Waals surface area (Å²) in [6.45, 7) is 7.00. The Labute approximate surface area is 142 Å². The largest absolute Gasteiger partial charge is 0.380 e. The summed E-state index contributed by atoms with van der Waals surface area (Å²) >= 11 is 0. The Kier molecular flexibility index (Phi) is 3.79. The molecule has 2 fully saturated rings. The van der Waals surface area contributed by atoms with Gasteiger partial charge in [0.05, 0.1) is 17.8 Å². The lowest BCUT2D eigenvalue weighted by Gasteiger charge is -2.24. The number of imidazole rings is 1. The van der Waals surface area contributed by atoms with E-state index < -0.39 is 0 Å². The molecule has 0 amide bonds. The molecule has 3 heterocycles. The van der Waals surface area contributed by atoms with Crippen molar-refractivity contribution >= 4 is 5.82 Å². The summed E-state index contributed by atoms with van der Waals surface area (Å²) in [5.41, 5.74) is 3.22. The van der Waals surface area contributed by atoms with E-state index in [0.29, 0.717) is 5.92 Å². The van der Waals surface area contributed by atoms with Crippen molar-refractivity contribution in [3.8, 4) is 0 Å². The molecule has 24 heavy (non-hydrogen) atoms. The number of hydrogen-bond donors (Lipinski definition) is 1. The first-order chi connectivity index (χ1) is 11.5. The number of aryl methyl sites for hydroxylation is 3. The molecule has 128 valence electrons. The van der Waals surface area contributed by atoms with Crippen LogP contribution < -0.4 is 4.90 Å². The van der Waals surface area contributed by atoms with Crippen LogP contribution in [0.2, 0.25) is 0 Å². The van der Waals surface area contributed by atoms with Gasteiger partial charge in [-0.3, -0.25) is 0 Å². The van der Waals surface area contributed by atoms with Gasteiger partial charge in [-0.1, -0.05) is 0 Å². The molecule has 1 saturated heterocycles. The number of nitrogens with one attached hydrogen (secondary N) is 1. The molecule has 1 aliphatic carbocycles. The van der Waals surface area contributed by atoms with E-state index in [1.165, 1.54) is 12.8 Å². The smallest absolute Gasteiger partial charge is 0.134 e. The summed E-state index contributed by atoms with van der Waals surface area (Å²) in [6.07, 6.45) is 3.54. The highest BCUT2D eigenvalue weighted by Crippen LogP contribution is 2.40. The number of ether oxygens (including phenoxy) is 1. The third-order valence-electron chi connectivity index (χ3n) is 5.15. The predicted octanol–water partition coefficient (Wildman–Crippen LogP) is 2.97. The minimum atomic E-state index is 0.170. The summed E-state index contributed by atoms with van der Waals surface area (Å²) in [7, 11) is 1.78. The van der Waals surface area contributed by atoms with Gasteiger partial charge in [-0.15, -0.1) is 0 Å². The molecule has 2 aromatic heterocycles. The average molecular weight is 327 g/mol. The van der Waals surface area contributed by atoms with Crippen molar-refractivity contribution in [2.24, 2.45) is 0 Å². The maximum absolute atomic E-state index is 5.65. The fourth-order valence-electron chi connectivity index (χ4n) is 3.46. The van der Waals surface area contributed by atoms with E-state index in [-0.39, 0.29) is 12.1 Å². The molecule has 0 spiro atoms. The number of aromatic nitrogens is 4. The highest BCUT2D eigenvalue weighted by molar-refractivity contribution is 5.45. The van der Waals surface area contributed by atoms with Crippen molar-refractivity contribution in [3.05, 3.63) is 34.8 Å². The van der Waals surface area contributed by atoms with Gasteiger partial charge in [0.15, 0.2) is 0 Å². The Hall–Kier alpha value is -1.95. The zero-order chi connectivity index (χ0) is 16.8. The quantitative estimate of drug-likeness (QED) is 0.935. The normalized spacial score (nSPS) is 23.9. The van der Waals surface area contributed by atoms with Crippen molar-refractivity contribution in [2.45, 2.75) is 58.1 Å². The van der Waals surface area contributed by atoms with Crippen LogP contribution in [0.25, 0.3) is 0 Å². The molecule has 1 N–H and O–H groups in total. The van der Waals surface area contributed by atoms with Crippen molar-refractivity contribution in [2.75, 3.05) is 18.6 Å². The fraction of sp³-hybridized carbons (Fsp3) is 0.611. The van der Waals surface area contributed by atoms with Crippen molar-refractivity contribution in [3.63, 3.8) is 0 Å². The van der Waals surface area contributed by atoms with E-state index in [0.717, 1.165) is 47.5 Å². The summed E-state index contributed by atoms with van der Waals surface area (Å²) in [4.78, 5) is 20.0. The number of H-pyrrole nitrogens is 1. The van der Waals surface area contributed by atoms with Gasteiger partial charge in [-0.05, 0) is 33.6 Å². The Morgan fingerprint density at radius 2 is 1.96 bits per heavy atom. The Bertz CT molecular complexity index is 732. The van der Waals surface area contributed by atoms with Gasteiger partial charge < -0.3 is 14.6 Å². The zero-order valence-corrected chi connectivity index (χ0v) is 14.8. The highest BCUT2D eigenvalue weighted by Gasteiger charge is 2.37. The molecule has 0 unspecified atom stereocenters. The first kappa shape index (κ1) is 15.6. The Balaban J connectivity index is 1.71. The second-order valence-corrected chi connectivity index (χ2v) is 7.09. The molecule has 6 heteroatoms. The number of methoxy groups -OCH3 is 1. The summed E-state index contributed by atoms with van der Waals surface area (Å²) in [5.74, 6) is 3.56. The third-order valence-corrected chi connectivity index (χ3v) is 5.15. The maximum Gasteiger partial charge on any atom is 0.134 e. The Morgan fingerprint density at radius 1 is 1.17 bits per heavy atom. The van der Waals surface area contributed by atoms with Crippen LogP contribution in [-0.2, 0) is 4.74 Å². The van der Waals surface area contributed by atoms with E-state index in [9.17, 15) is 0 Å². The SMILES string of the molecule is CO[C@@H]1C[C@@H](c2nc(C)c(C)[nH]2)N(c2cc(C)nc(C3CC3)n2)C1. The van der Waals surface area contributed by atoms with Crippen LogP contribution >= 0.6 is 0 Å². The minimum absolute atomic E-state index is 0.170. The molecule has 2 atom stereocenters. The molecule has 0 radical (unpaired) electrons. The van der Waals surface area contributed by atoms with Crippen molar-refractivity contribution in [1.29, 1.82) is 0 Å². The van der Waals surface area contributed by atoms with E-state index >= 15 is 0 Å². The van der Waals surface area contributed by atoms with Crippen LogP contribution in [0.4, 0.5) is 5.82 Å². The number of aromatic amines is 1. The molecule has 4 rings (SSSR count).